The highest BCUT2D eigenvalue weighted by atomic mass is 32.1. The maximum atomic E-state index is 12.2. The van der Waals surface area contributed by atoms with Gasteiger partial charge in [0.1, 0.15) is 12.1 Å². The van der Waals surface area contributed by atoms with E-state index < -0.39 is 24.6 Å². The van der Waals surface area contributed by atoms with E-state index >= 15 is 0 Å². The molecule has 2 heterocycles. The van der Waals surface area contributed by atoms with Crippen molar-refractivity contribution in [3.63, 3.8) is 0 Å². The van der Waals surface area contributed by atoms with Crippen LogP contribution in [-0.4, -0.2) is 33.9 Å². The summed E-state index contributed by atoms with van der Waals surface area (Å²) < 4.78 is 25.4. The van der Waals surface area contributed by atoms with Gasteiger partial charge in [-0.3, -0.25) is 4.68 Å². The molecule has 22 heavy (non-hydrogen) atoms. The van der Waals surface area contributed by atoms with Crippen LogP contribution in [0, 0.1) is 0 Å². The number of thiophene rings is 1. The fourth-order valence-corrected chi connectivity index (χ4v) is 2.56. The summed E-state index contributed by atoms with van der Waals surface area (Å²) in [7, 11) is 0. The Morgan fingerprint density at radius 2 is 2.36 bits per heavy atom. The van der Waals surface area contributed by atoms with Gasteiger partial charge in [0.2, 0.25) is 0 Å². The van der Waals surface area contributed by atoms with Gasteiger partial charge in [-0.15, -0.1) is 11.3 Å². The summed E-state index contributed by atoms with van der Waals surface area (Å²) in [5, 5.41) is 20.8. The lowest BCUT2D eigenvalue weighted by Crippen LogP contribution is -2.40. The van der Waals surface area contributed by atoms with Gasteiger partial charge in [0.25, 0.3) is 6.43 Å². The summed E-state index contributed by atoms with van der Waals surface area (Å²) in [6.07, 6.45) is 0.0742. The Bertz CT molecular complexity index is 613. The van der Waals surface area contributed by atoms with Gasteiger partial charge < -0.3 is 15.7 Å². The van der Waals surface area contributed by atoms with E-state index in [2.05, 4.69) is 15.7 Å². The molecule has 9 heteroatoms. The third-order valence-electron chi connectivity index (χ3n) is 2.86. The van der Waals surface area contributed by atoms with Crippen molar-refractivity contribution in [1.29, 1.82) is 0 Å². The van der Waals surface area contributed by atoms with Gasteiger partial charge in [0.15, 0.2) is 0 Å². The molecule has 0 radical (unpaired) electrons. The lowest BCUT2D eigenvalue weighted by atomic mass is 10.1. The molecule has 0 saturated heterocycles. The highest BCUT2D eigenvalue weighted by molar-refractivity contribution is 7.10. The Kier molecular flexibility index (Phi) is 5.09. The van der Waals surface area contributed by atoms with Gasteiger partial charge in [-0.05, 0) is 18.4 Å². The number of aromatic nitrogens is 2. The number of rotatable bonds is 6. The minimum Gasteiger partial charge on any atom is -0.383 e. The van der Waals surface area contributed by atoms with Gasteiger partial charge in [0.05, 0.1) is 18.4 Å². The number of anilines is 1. The Balaban J connectivity index is 1.84. The summed E-state index contributed by atoms with van der Waals surface area (Å²) in [5.74, 6) is 0. The summed E-state index contributed by atoms with van der Waals surface area (Å²) in [5.41, 5.74) is -0.875. The topological polar surface area (TPSA) is 79.2 Å². The van der Waals surface area contributed by atoms with Gasteiger partial charge >= 0.3 is 6.03 Å². The first kappa shape index (κ1) is 16.4. The summed E-state index contributed by atoms with van der Waals surface area (Å²) in [6.45, 7) is 1.08. The van der Waals surface area contributed by atoms with Crippen LogP contribution >= 0.6 is 11.3 Å². The molecule has 0 aliphatic carbocycles. The molecule has 0 bridgehead atoms. The van der Waals surface area contributed by atoms with Crippen LogP contribution in [0.15, 0.2) is 29.9 Å². The Hall–Kier alpha value is -2.00. The number of carbonyl (C=O) groups is 1. The van der Waals surface area contributed by atoms with Crippen molar-refractivity contribution in [2.24, 2.45) is 0 Å². The number of alkyl halides is 2. The van der Waals surface area contributed by atoms with Crippen molar-refractivity contribution in [1.82, 2.24) is 15.1 Å². The van der Waals surface area contributed by atoms with E-state index in [0.717, 1.165) is 9.56 Å². The molecule has 0 aromatic carbocycles. The lowest BCUT2D eigenvalue weighted by molar-refractivity contribution is 0.0637. The maximum Gasteiger partial charge on any atom is 0.319 e. The molecule has 0 saturated carbocycles. The second kappa shape index (κ2) is 6.84. The first-order valence-electron chi connectivity index (χ1n) is 6.48. The monoisotopic (exact) mass is 330 g/mol. The number of aliphatic hydroxyl groups is 1. The zero-order valence-corrected chi connectivity index (χ0v) is 12.6. The second-order valence-corrected chi connectivity index (χ2v) is 5.85. The predicted octanol–water partition coefficient (Wildman–Crippen LogP) is 2.24. The van der Waals surface area contributed by atoms with Gasteiger partial charge in [-0.25, -0.2) is 13.6 Å². The molecule has 0 aliphatic rings. The summed E-state index contributed by atoms with van der Waals surface area (Å²) >= 11 is 1.39. The largest absolute Gasteiger partial charge is 0.383 e. The van der Waals surface area contributed by atoms with Crippen LogP contribution in [-0.2, 0) is 12.1 Å². The lowest BCUT2D eigenvalue weighted by Gasteiger charge is -2.22. The Morgan fingerprint density at radius 3 is 3.00 bits per heavy atom. The van der Waals surface area contributed by atoms with E-state index in [-0.39, 0.29) is 6.54 Å². The zero-order chi connectivity index (χ0) is 16.2. The average molecular weight is 330 g/mol. The first-order valence-corrected chi connectivity index (χ1v) is 7.36. The van der Waals surface area contributed by atoms with E-state index in [1.165, 1.54) is 23.7 Å². The Labute approximate surface area is 129 Å². The first-order chi connectivity index (χ1) is 10.4. The average Bonchev–Trinajstić information content (AvgIpc) is 3.08. The molecule has 0 spiro atoms. The summed E-state index contributed by atoms with van der Waals surface area (Å²) in [4.78, 5) is 12.5. The molecular formula is C13H16F2N4O2S. The second-order valence-electron chi connectivity index (χ2n) is 4.90. The van der Waals surface area contributed by atoms with Gasteiger partial charge in [0, 0.05) is 11.1 Å². The van der Waals surface area contributed by atoms with Crippen molar-refractivity contribution < 1.29 is 18.7 Å². The molecule has 0 fully saturated rings. The van der Waals surface area contributed by atoms with Crippen LogP contribution in [0.1, 0.15) is 11.8 Å². The molecule has 0 aliphatic heterocycles. The molecule has 1 atom stereocenters. The molecule has 2 aromatic heterocycles. The minimum absolute atomic E-state index is 0.0184. The minimum atomic E-state index is -2.51. The van der Waals surface area contributed by atoms with Crippen molar-refractivity contribution in [3.8, 4) is 0 Å². The number of nitrogens with zero attached hydrogens (tertiary/aromatic N) is 2. The molecule has 0 unspecified atom stereocenters. The van der Waals surface area contributed by atoms with Crippen LogP contribution < -0.4 is 10.6 Å². The highest BCUT2D eigenvalue weighted by Gasteiger charge is 2.24. The van der Waals surface area contributed by atoms with E-state index in [9.17, 15) is 18.7 Å². The molecule has 120 valence electrons. The van der Waals surface area contributed by atoms with Crippen LogP contribution in [0.2, 0.25) is 0 Å². The van der Waals surface area contributed by atoms with E-state index in [0.29, 0.717) is 5.69 Å². The van der Waals surface area contributed by atoms with Gasteiger partial charge in [-0.1, -0.05) is 6.07 Å². The van der Waals surface area contributed by atoms with Crippen LogP contribution in [0.4, 0.5) is 19.3 Å². The number of hydrogen-bond donors (Lipinski definition) is 3. The molecule has 6 nitrogen and oxygen atoms in total. The molecule has 2 amide bonds. The highest BCUT2D eigenvalue weighted by Crippen LogP contribution is 2.24. The van der Waals surface area contributed by atoms with E-state index in [4.69, 9.17) is 0 Å². The molecule has 3 N–H and O–H groups in total. The number of halogens is 2. The van der Waals surface area contributed by atoms with Crippen molar-refractivity contribution in [3.05, 3.63) is 34.8 Å². The van der Waals surface area contributed by atoms with Gasteiger partial charge in [-0.2, -0.15) is 5.10 Å². The third kappa shape index (κ3) is 4.50. The maximum absolute atomic E-state index is 12.2. The summed E-state index contributed by atoms with van der Waals surface area (Å²) in [6, 6.07) is 3.04. The van der Waals surface area contributed by atoms with E-state index in [1.54, 1.807) is 13.0 Å². The van der Waals surface area contributed by atoms with E-state index in [1.807, 2.05) is 11.4 Å². The fraction of sp³-hybridized carbons (Fsp3) is 0.385. The smallest absolute Gasteiger partial charge is 0.319 e. The number of amides is 2. The number of urea groups is 1. The number of nitrogens with one attached hydrogen (secondary N) is 2. The van der Waals surface area contributed by atoms with Crippen molar-refractivity contribution >= 4 is 23.1 Å². The molecular weight excluding hydrogens is 314 g/mol. The molecule has 2 aromatic rings. The normalized spacial score (nSPS) is 13.9. The zero-order valence-electron chi connectivity index (χ0n) is 11.8. The van der Waals surface area contributed by atoms with Crippen molar-refractivity contribution in [2.75, 3.05) is 11.9 Å². The third-order valence-corrected chi connectivity index (χ3v) is 3.98. The fourth-order valence-electron chi connectivity index (χ4n) is 1.77. The Morgan fingerprint density at radius 1 is 1.59 bits per heavy atom. The molecule has 2 rings (SSSR count). The SMILES string of the molecule is C[C@](O)(CNC(=O)Nc1cnn(CC(F)F)c1)c1cccs1. The van der Waals surface area contributed by atoms with Crippen LogP contribution in [0.25, 0.3) is 0 Å². The number of hydrogen-bond acceptors (Lipinski definition) is 4. The quantitative estimate of drug-likeness (QED) is 0.760. The standard InChI is InChI=1S/C13H16F2N4O2S/c1-13(21,10-3-2-4-22-10)8-16-12(20)18-9-5-17-19(6-9)7-11(14)15/h2-6,11,21H,7-8H2,1H3,(H2,16,18,20)/t13-/m0/s1. The van der Waals surface area contributed by atoms with Crippen molar-refractivity contribution in [2.45, 2.75) is 25.5 Å². The van der Waals surface area contributed by atoms with Crippen LogP contribution in [0.3, 0.4) is 0 Å². The van der Waals surface area contributed by atoms with Crippen LogP contribution in [0.5, 0.6) is 0 Å². The predicted molar refractivity (Wildman–Crippen MR) is 79.1 cm³/mol. The number of carbonyl (C=O) groups excluding carboxylic acids is 1.